The van der Waals surface area contributed by atoms with E-state index < -0.39 is 17.5 Å². The number of hydrogen-bond acceptors (Lipinski definition) is 2. The first kappa shape index (κ1) is 14.3. The first-order chi connectivity index (χ1) is 8.45. The van der Waals surface area contributed by atoms with Gasteiger partial charge in [0.15, 0.2) is 17.5 Å². The first-order valence-electron chi connectivity index (χ1n) is 5.62. The molecule has 0 aromatic heterocycles. The Morgan fingerprint density at radius 1 is 1.28 bits per heavy atom. The van der Waals surface area contributed by atoms with Crippen LogP contribution in [0.25, 0.3) is 0 Å². The molecule has 0 saturated heterocycles. The standard InChI is InChI=1S/C12H15F3N2O/c1-3-7(2)17-10(18)6-16-9-5-4-8(13)11(14)12(9)15/h4-5,7,16H,3,6H2,1-2H3,(H,17,18). The van der Waals surface area contributed by atoms with Gasteiger partial charge in [0, 0.05) is 6.04 Å². The Kier molecular flexibility index (Phi) is 5.00. The monoisotopic (exact) mass is 260 g/mol. The van der Waals surface area contributed by atoms with E-state index in [4.69, 9.17) is 0 Å². The molecule has 1 aromatic rings. The number of rotatable bonds is 5. The zero-order chi connectivity index (χ0) is 13.7. The van der Waals surface area contributed by atoms with E-state index in [0.717, 1.165) is 18.6 Å². The fraction of sp³-hybridized carbons (Fsp3) is 0.417. The van der Waals surface area contributed by atoms with Gasteiger partial charge in [-0.3, -0.25) is 4.79 Å². The second-order valence-corrected chi connectivity index (χ2v) is 3.95. The number of halogens is 3. The summed E-state index contributed by atoms with van der Waals surface area (Å²) in [5.74, 6) is -4.48. The Morgan fingerprint density at radius 2 is 1.94 bits per heavy atom. The Hall–Kier alpha value is -1.72. The molecule has 0 aliphatic heterocycles. The Bertz CT molecular complexity index is 438. The van der Waals surface area contributed by atoms with Crippen LogP contribution in [0.5, 0.6) is 0 Å². The number of anilines is 1. The van der Waals surface area contributed by atoms with Crippen LogP contribution in [0.15, 0.2) is 12.1 Å². The van der Waals surface area contributed by atoms with E-state index in [1.54, 1.807) is 0 Å². The molecule has 6 heteroatoms. The van der Waals surface area contributed by atoms with Crippen molar-refractivity contribution in [3.63, 3.8) is 0 Å². The van der Waals surface area contributed by atoms with Gasteiger partial charge in [-0.15, -0.1) is 0 Å². The van der Waals surface area contributed by atoms with Crippen LogP contribution in [0.1, 0.15) is 20.3 Å². The normalized spacial score (nSPS) is 12.1. The highest BCUT2D eigenvalue weighted by atomic mass is 19.2. The van der Waals surface area contributed by atoms with Crippen molar-refractivity contribution in [1.82, 2.24) is 5.32 Å². The predicted octanol–water partition coefficient (Wildman–Crippen LogP) is 2.43. The van der Waals surface area contributed by atoms with E-state index in [-0.39, 0.29) is 24.2 Å². The van der Waals surface area contributed by atoms with Crippen LogP contribution in [-0.4, -0.2) is 18.5 Å². The number of nitrogens with one attached hydrogen (secondary N) is 2. The summed E-state index contributed by atoms with van der Waals surface area (Å²) in [7, 11) is 0. The topological polar surface area (TPSA) is 41.1 Å². The van der Waals surface area contributed by atoms with Gasteiger partial charge in [0.05, 0.1) is 12.2 Å². The highest BCUT2D eigenvalue weighted by Gasteiger charge is 2.14. The van der Waals surface area contributed by atoms with E-state index in [2.05, 4.69) is 10.6 Å². The lowest BCUT2D eigenvalue weighted by Gasteiger charge is -2.12. The number of carbonyl (C=O) groups is 1. The molecule has 0 radical (unpaired) electrons. The molecule has 1 atom stereocenters. The van der Waals surface area contributed by atoms with Gasteiger partial charge in [0.2, 0.25) is 5.91 Å². The third-order valence-corrected chi connectivity index (χ3v) is 2.49. The SMILES string of the molecule is CCC(C)NC(=O)CNc1ccc(F)c(F)c1F. The molecule has 0 fully saturated rings. The lowest BCUT2D eigenvalue weighted by Crippen LogP contribution is -2.36. The average Bonchev–Trinajstić information content (AvgIpc) is 2.35. The summed E-state index contributed by atoms with van der Waals surface area (Å²) in [6.07, 6.45) is 0.769. The summed E-state index contributed by atoms with van der Waals surface area (Å²) in [5.41, 5.74) is -0.242. The summed E-state index contributed by atoms with van der Waals surface area (Å²) in [4.78, 5) is 11.4. The molecule has 0 heterocycles. The quantitative estimate of drug-likeness (QED) is 0.798. The van der Waals surface area contributed by atoms with Gasteiger partial charge in [-0.25, -0.2) is 13.2 Å². The maximum absolute atomic E-state index is 13.2. The van der Waals surface area contributed by atoms with Gasteiger partial charge < -0.3 is 10.6 Å². The third kappa shape index (κ3) is 3.65. The maximum Gasteiger partial charge on any atom is 0.239 e. The number of amides is 1. The van der Waals surface area contributed by atoms with Crippen molar-refractivity contribution >= 4 is 11.6 Å². The lowest BCUT2D eigenvalue weighted by molar-refractivity contribution is -0.120. The van der Waals surface area contributed by atoms with E-state index >= 15 is 0 Å². The van der Waals surface area contributed by atoms with Crippen LogP contribution in [0.4, 0.5) is 18.9 Å². The molecule has 1 unspecified atom stereocenters. The molecule has 0 aliphatic rings. The highest BCUT2D eigenvalue weighted by molar-refractivity contribution is 5.80. The van der Waals surface area contributed by atoms with Crippen molar-refractivity contribution in [2.75, 3.05) is 11.9 Å². The maximum atomic E-state index is 13.2. The number of benzene rings is 1. The molecular formula is C12H15F3N2O. The summed E-state index contributed by atoms with van der Waals surface area (Å²) < 4.78 is 38.8. The molecule has 1 aromatic carbocycles. The average molecular weight is 260 g/mol. The zero-order valence-electron chi connectivity index (χ0n) is 10.2. The van der Waals surface area contributed by atoms with E-state index in [1.807, 2.05) is 13.8 Å². The van der Waals surface area contributed by atoms with E-state index in [0.29, 0.717) is 0 Å². The molecule has 3 nitrogen and oxygen atoms in total. The molecule has 0 aliphatic carbocycles. The molecule has 1 rings (SSSR count). The van der Waals surface area contributed by atoms with Gasteiger partial charge in [-0.1, -0.05) is 6.92 Å². The van der Waals surface area contributed by atoms with Crippen molar-refractivity contribution in [3.05, 3.63) is 29.6 Å². The molecule has 0 saturated carbocycles. The summed E-state index contributed by atoms with van der Waals surface area (Å²) in [6, 6.07) is 1.85. The minimum atomic E-state index is -1.55. The molecule has 0 spiro atoms. The van der Waals surface area contributed by atoms with Crippen LogP contribution in [0.3, 0.4) is 0 Å². The van der Waals surface area contributed by atoms with Crippen LogP contribution >= 0.6 is 0 Å². The third-order valence-electron chi connectivity index (χ3n) is 2.49. The highest BCUT2D eigenvalue weighted by Crippen LogP contribution is 2.19. The molecule has 1 amide bonds. The van der Waals surface area contributed by atoms with Crippen LogP contribution in [-0.2, 0) is 4.79 Å². The molecule has 2 N–H and O–H groups in total. The van der Waals surface area contributed by atoms with Crippen LogP contribution < -0.4 is 10.6 Å². The van der Waals surface area contributed by atoms with Gasteiger partial charge in [0.1, 0.15) is 0 Å². The Balaban J connectivity index is 2.59. The van der Waals surface area contributed by atoms with Gasteiger partial charge in [-0.05, 0) is 25.5 Å². The molecule has 18 heavy (non-hydrogen) atoms. The first-order valence-corrected chi connectivity index (χ1v) is 5.62. The summed E-state index contributed by atoms with van der Waals surface area (Å²) >= 11 is 0. The predicted molar refractivity (Wildman–Crippen MR) is 62.7 cm³/mol. The van der Waals surface area contributed by atoms with Crippen molar-refractivity contribution in [2.45, 2.75) is 26.3 Å². The fourth-order valence-electron chi connectivity index (χ4n) is 1.27. The Morgan fingerprint density at radius 3 is 2.56 bits per heavy atom. The number of carbonyl (C=O) groups excluding carboxylic acids is 1. The largest absolute Gasteiger partial charge is 0.374 e. The Labute approximate surface area is 103 Å². The summed E-state index contributed by atoms with van der Waals surface area (Å²) in [5, 5.41) is 5.07. The van der Waals surface area contributed by atoms with Crippen molar-refractivity contribution in [2.24, 2.45) is 0 Å². The van der Waals surface area contributed by atoms with Crippen molar-refractivity contribution in [3.8, 4) is 0 Å². The molecule has 100 valence electrons. The second-order valence-electron chi connectivity index (χ2n) is 3.95. The second kappa shape index (κ2) is 6.28. The lowest BCUT2D eigenvalue weighted by atomic mass is 10.2. The molecule has 0 bridgehead atoms. The van der Waals surface area contributed by atoms with Crippen molar-refractivity contribution in [1.29, 1.82) is 0 Å². The number of hydrogen-bond donors (Lipinski definition) is 2. The van der Waals surface area contributed by atoms with Crippen molar-refractivity contribution < 1.29 is 18.0 Å². The van der Waals surface area contributed by atoms with E-state index in [1.165, 1.54) is 0 Å². The van der Waals surface area contributed by atoms with E-state index in [9.17, 15) is 18.0 Å². The smallest absolute Gasteiger partial charge is 0.239 e. The van der Waals surface area contributed by atoms with Gasteiger partial charge in [-0.2, -0.15) is 0 Å². The van der Waals surface area contributed by atoms with Crippen LogP contribution in [0.2, 0.25) is 0 Å². The van der Waals surface area contributed by atoms with Gasteiger partial charge >= 0.3 is 0 Å². The van der Waals surface area contributed by atoms with Crippen LogP contribution in [0, 0.1) is 17.5 Å². The molecular weight excluding hydrogens is 245 g/mol. The van der Waals surface area contributed by atoms with Gasteiger partial charge in [0.25, 0.3) is 0 Å². The fourth-order valence-corrected chi connectivity index (χ4v) is 1.27. The zero-order valence-corrected chi connectivity index (χ0v) is 10.2. The summed E-state index contributed by atoms with van der Waals surface area (Å²) in [6.45, 7) is 3.54. The minimum Gasteiger partial charge on any atom is -0.374 e. The minimum absolute atomic E-state index is 0.00843.